The summed E-state index contributed by atoms with van der Waals surface area (Å²) < 4.78 is 3.55. The SMILES string of the molecule is CCn1ccn(C2CC(O)CCC2C(C)C)c1=O. The van der Waals surface area contributed by atoms with Gasteiger partial charge < -0.3 is 5.11 Å². The van der Waals surface area contributed by atoms with E-state index in [1.54, 1.807) is 4.57 Å². The van der Waals surface area contributed by atoms with Crippen LogP contribution in [0.4, 0.5) is 0 Å². The number of hydrogen-bond acceptors (Lipinski definition) is 2. The van der Waals surface area contributed by atoms with Crippen molar-refractivity contribution in [2.45, 2.75) is 58.7 Å². The molecule has 1 N–H and O–H groups in total. The molecule has 0 spiro atoms. The standard InChI is InChI=1S/C14H24N2O2/c1-4-15-7-8-16(14(15)18)13-9-11(17)5-6-12(13)10(2)3/h7-8,10-13,17H,4-6,9H2,1-3H3. The number of aliphatic hydroxyl groups is 1. The minimum Gasteiger partial charge on any atom is -0.393 e. The summed E-state index contributed by atoms with van der Waals surface area (Å²) in [5, 5.41) is 9.87. The molecule has 0 bridgehead atoms. The smallest absolute Gasteiger partial charge is 0.328 e. The van der Waals surface area contributed by atoms with E-state index in [-0.39, 0.29) is 17.8 Å². The Kier molecular flexibility index (Phi) is 3.95. The molecule has 0 aliphatic heterocycles. The molecule has 1 saturated carbocycles. The normalized spacial score (nSPS) is 28.8. The highest BCUT2D eigenvalue weighted by Gasteiger charge is 2.33. The van der Waals surface area contributed by atoms with Crippen LogP contribution in [0.1, 0.15) is 46.1 Å². The zero-order chi connectivity index (χ0) is 13.3. The Morgan fingerprint density at radius 3 is 2.67 bits per heavy atom. The molecule has 1 aliphatic carbocycles. The Morgan fingerprint density at radius 2 is 2.11 bits per heavy atom. The minimum atomic E-state index is -0.262. The lowest BCUT2D eigenvalue weighted by Crippen LogP contribution is -2.37. The van der Waals surface area contributed by atoms with Crippen molar-refractivity contribution in [2.24, 2.45) is 11.8 Å². The lowest BCUT2D eigenvalue weighted by atomic mass is 9.76. The van der Waals surface area contributed by atoms with Crippen LogP contribution in [-0.2, 0) is 6.54 Å². The second-order valence-corrected chi connectivity index (χ2v) is 5.72. The molecule has 4 nitrogen and oxygen atoms in total. The lowest BCUT2D eigenvalue weighted by molar-refractivity contribution is 0.0554. The lowest BCUT2D eigenvalue weighted by Gasteiger charge is -2.37. The molecule has 102 valence electrons. The third-order valence-electron chi connectivity index (χ3n) is 4.27. The summed E-state index contributed by atoms with van der Waals surface area (Å²) >= 11 is 0. The molecule has 0 saturated heterocycles. The molecule has 2 rings (SSSR count). The van der Waals surface area contributed by atoms with E-state index in [1.165, 1.54) is 0 Å². The van der Waals surface area contributed by atoms with E-state index in [0.29, 0.717) is 24.8 Å². The summed E-state index contributed by atoms with van der Waals surface area (Å²) in [6.07, 6.45) is 6.04. The molecule has 1 aromatic heterocycles. The number of nitrogens with zero attached hydrogens (tertiary/aromatic N) is 2. The van der Waals surface area contributed by atoms with E-state index < -0.39 is 0 Å². The number of hydrogen-bond donors (Lipinski definition) is 1. The van der Waals surface area contributed by atoms with E-state index in [1.807, 2.05) is 23.9 Å². The molecular weight excluding hydrogens is 228 g/mol. The van der Waals surface area contributed by atoms with Gasteiger partial charge in [-0.15, -0.1) is 0 Å². The monoisotopic (exact) mass is 252 g/mol. The van der Waals surface area contributed by atoms with Crippen molar-refractivity contribution in [2.75, 3.05) is 0 Å². The van der Waals surface area contributed by atoms with Gasteiger partial charge in [-0.1, -0.05) is 13.8 Å². The van der Waals surface area contributed by atoms with Gasteiger partial charge in [0.2, 0.25) is 0 Å². The second kappa shape index (κ2) is 5.31. The minimum absolute atomic E-state index is 0.0576. The van der Waals surface area contributed by atoms with Gasteiger partial charge >= 0.3 is 5.69 Å². The molecule has 3 unspecified atom stereocenters. The average molecular weight is 252 g/mol. The molecule has 1 aromatic rings. The van der Waals surface area contributed by atoms with Crippen LogP contribution in [0.15, 0.2) is 17.2 Å². The Hall–Kier alpha value is -1.03. The quantitative estimate of drug-likeness (QED) is 0.894. The summed E-state index contributed by atoms with van der Waals surface area (Å²) in [4.78, 5) is 12.2. The van der Waals surface area contributed by atoms with Gasteiger partial charge in [-0.3, -0.25) is 9.13 Å². The number of rotatable bonds is 3. The number of imidazole rings is 1. The van der Waals surface area contributed by atoms with Crippen molar-refractivity contribution in [3.05, 3.63) is 22.9 Å². The first kappa shape index (κ1) is 13.4. The third-order valence-corrected chi connectivity index (χ3v) is 4.27. The highest BCUT2D eigenvalue weighted by molar-refractivity contribution is 4.92. The molecule has 1 fully saturated rings. The zero-order valence-corrected chi connectivity index (χ0v) is 11.5. The van der Waals surface area contributed by atoms with Crippen LogP contribution in [0.25, 0.3) is 0 Å². The van der Waals surface area contributed by atoms with Crippen LogP contribution in [0, 0.1) is 11.8 Å². The van der Waals surface area contributed by atoms with E-state index in [2.05, 4.69) is 13.8 Å². The fourth-order valence-corrected chi connectivity index (χ4v) is 3.17. The first-order chi connectivity index (χ1) is 8.54. The van der Waals surface area contributed by atoms with Gasteiger partial charge in [0.05, 0.1) is 6.10 Å². The summed E-state index contributed by atoms with van der Waals surface area (Å²) in [7, 11) is 0. The summed E-state index contributed by atoms with van der Waals surface area (Å²) in [6, 6.07) is 0.147. The van der Waals surface area contributed by atoms with E-state index >= 15 is 0 Å². The molecule has 1 heterocycles. The van der Waals surface area contributed by atoms with Crippen molar-refractivity contribution in [3.63, 3.8) is 0 Å². The molecule has 0 amide bonds. The number of aliphatic hydroxyl groups excluding tert-OH is 1. The molecule has 0 aromatic carbocycles. The second-order valence-electron chi connectivity index (χ2n) is 5.72. The number of aromatic nitrogens is 2. The maximum atomic E-state index is 12.2. The fraction of sp³-hybridized carbons (Fsp3) is 0.786. The molecule has 4 heteroatoms. The predicted octanol–water partition coefficient (Wildman–Crippen LogP) is 2.03. The van der Waals surface area contributed by atoms with Gasteiger partial charge in [0, 0.05) is 25.0 Å². The van der Waals surface area contributed by atoms with E-state index in [4.69, 9.17) is 0 Å². The molecular formula is C14H24N2O2. The third kappa shape index (κ3) is 2.39. The van der Waals surface area contributed by atoms with Crippen molar-refractivity contribution < 1.29 is 5.11 Å². The van der Waals surface area contributed by atoms with Gasteiger partial charge in [-0.25, -0.2) is 4.79 Å². The topological polar surface area (TPSA) is 47.2 Å². The predicted molar refractivity (Wildman–Crippen MR) is 71.6 cm³/mol. The van der Waals surface area contributed by atoms with Gasteiger partial charge in [0.1, 0.15) is 0 Å². The van der Waals surface area contributed by atoms with E-state index in [0.717, 1.165) is 12.8 Å². The summed E-state index contributed by atoms with van der Waals surface area (Å²) in [5.74, 6) is 1.03. The van der Waals surface area contributed by atoms with Crippen molar-refractivity contribution in [1.29, 1.82) is 0 Å². The maximum Gasteiger partial charge on any atom is 0.328 e. The van der Waals surface area contributed by atoms with E-state index in [9.17, 15) is 9.90 Å². The Bertz CT molecular complexity index is 447. The van der Waals surface area contributed by atoms with Crippen LogP contribution >= 0.6 is 0 Å². The van der Waals surface area contributed by atoms with Crippen LogP contribution < -0.4 is 5.69 Å². The zero-order valence-electron chi connectivity index (χ0n) is 11.5. The molecule has 18 heavy (non-hydrogen) atoms. The largest absolute Gasteiger partial charge is 0.393 e. The first-order valence-corrected chi connectivity index (χ1v) is 7.00. The van der Waals surface area contributed by atoms with Gasteiger partial charge in [0.25, 0.3) is 0 Å². The summed E-state index contributed by atoms with van der Waals surface area (Å²) in [5.41, 5.74) is 0.0576. The summed E-state index contributed by atoms with van der Waals surface area (Å²) in [6.45, 7) is 7.09. The van der Waals surface area contributed by atoms with Crippen LogP contribution in [0.3, 0.4) is 0 Å². The highest BCUT2D eigenvalue weighted by atomic mass is 16.3. The van der Waals surface area contributed by atoms with Crippen LogP contribution in [-0.4, -0.2) is 20.3 Å². The average Bonchev–Trinajstić information content (AvgIpc) is 2.69. The highest BCUT2D eigenvalue weighted by Crippen LogP contribution is 2.37. The Labute approximate surface area is 108 Å². The van der Waals surface area contributed by atoms with Crippen molar-refractivity contribution in [1.82, 2.24) is 9.13 Å². The van der Waals surface area contributed by atoms with Crippen LogP contribution in [0.5, 0.6) is 0 Å². The van der Waals surface area contributed by atoms with Gasteiger partial charge in [0.15, 0.2) is 0 Å². The molecule has 0 radical (unpaired) electrons. The molecule has 3 atom stereocenters. The Balaban J connectivity index is 2.32. The fourth-order valence-electron chi connectivity index (χ4n) is 3.17. The maximum absolute atomic E-state index is 12.2. The van der Waals surface area contributed by atoms with Crippen LogP contribution in [0.2, 0.25) is 0 Å². The Morgan fingerprint density at radius 1 is 1.39 bits per heavy atom. The van der Waals surface area contributed by atoms with Gasteiger partial charge in [-0.05, 0) is 38.0 Å². The van der Waals surface area contributed by atoms with Crippen molar-refractivity contribution in [3.8, 4) is 0 Å². The first-order valence-electron chi connectivity index (χ1n) is 7.00. The number of aryl methyl sites for hydroxylation is 1. The van der Waals surface area contributed by atoms with Crippen molar-refractivity contribution >= 4 is 0 Å². The van der Waals surface area contributed by atoms with Gasteiger partial charge in [-0.2, -0.15) is 0 Å². The molecule has 1 aliphatic rings.